The third-order valence-electron chi connectivity index (χ3n) is 8.94. The summed E-state index contributed by atoms with van der Waals surface area (Å²) in [4.78, 5) is 19.1. The van der Waals surface area contributed by atoms with Gasteiger partial charge in [-0.05, 0) is 62.3 Å². The first-order valence-electron chi connectivity index (χ1n) is 13.3. The molecule has 186 valence electrons. The van der Waals surface area contributed by atoms with Gasteiger partial charge in [0.15, 0.2) is 0 Å². The molecule has 6 rings (SSSR count). The summed E-state index contributed by atoms with van der Waals surface area (Å²) < 4.78 is 0. The number of amidine groups is 1. The number of benzene rings is 1. The number of aliphatic hydroxyl groups excluding tert-OH is 1. The van der Waals surface area contributed by atoms with Crippen molar-refractivity contribution in [3.63, 3.8) is 0 Å². The number of nitriles is 1. The van der Waals surface area contributed by atoms with E-state index in [1.165, 1.54) is 31.5 Å². The second-order valence-electron chi connectivity index (χ2n) is 11.5. The Morgan fingerprint density at radius 2 is 1.80 bits per heavy atom. The molecule has 0 bridgehead atoms. The standard InChI is InChI=1S/C27H36N6O2/c1-19-12-22(7-6-21(19)14-28)33-24(20-4-2-3-5-20)13-25(29-33)31-15-27(16-31)17-32(18-27)26(35)30-10-8-23(34)9-11-30/h6-7,12,20,23-24,34H,2-5,8-11,13,15-18H2,1H3/t24-/m1/s1. The lowest BCUT2D eigenvalue weighted by Gasteiger charge is -2.61. The molecule has 1 spiro atoms. The van der Waals surface area contributed by atoms with Crippen LogP contribution in [-0.2, 0) is 0 Å². The number of carbonyl (C=O) groups is 1. The first-order chi connectivity index (χ1) is 16.9. The van der Waals surface area contributed by atoms with E-state index >= 15 is 0 Å². The molecular weight excluding hydrogens is 440 g/mol. The first kappa shape index (κ1) is 22.7. The number of amides is 2. The lowest BCUT2D eigenvalue weighted by Crippen LogP contribution is -2.74. The Kier molecular flexibility index (Phi) is 5.63. The fourth-order valence-corrected chi connectivity index (χ4v) is 6.88. The minimum atomic E-state index is -0.255. The zero-order chi connectivity index (χ0) is 24.2. The highest BCUT2D eigenvalue weighted by Crippen LogP contribution is 2.44. The predicted molar refractivity (Wildman–Crippen MR) is 134 cm³/mol. The minimum absolute atomic E-state index is 0.142. The average molecular weight is 477 g/mol. The molecule has 4 fully saturated rings. The van der Waals surface area contributed by atoms with Crippen LogP contribution in [0.2, 0.25) is 0 Å². The largest absolute Gasteiger partial charge is 0.393 e. The van der Waals surface area contributed by atoms with Gasteiger partial charge in [0, 0.05) is 51.1 Å². The van der Waals surface area contributed by atoms with E-state index in [4.69, 9.17) is 5.10 Å². The Hall–Kier alpha value is -2.79. The van der Waals surface area contributed by atoms with E-state index in [0.717, 1.165) is 49.4 Å². The molecule has 3 saturated heterocycles. The lowest BCUT2D eigenvalue weighted by atomic mass is 9.72. The summed E-state index contributed by atoms with van der Waals surface area (Å²) in [6, 6.07) is 8.89. The van der Waals surface area contributed by atoms with E-state index in [-0.39, 0.29) is 17.6 Å². The molecule has 1 N–H and O–H groups in total. The van der Waals surface area contributed by atoms with Crippen molar-refractivity contribution in [2.45, 2.75) is 64.0 Å². The van der Waals surface area contributed by atoms with Crippen LogP contribution in [0.4, 0.5) is 10.5 Å². The number of urea groups is 1. The van der Waals surface area contributed by atoms with Crippen LogP contribution in [0.5, 0.6) is 0 Å². The molecule has 1 aliphatic carbocycles. The van der Waals surface area contributed by atoms with Gasteiger partial charge in [0.2, 0.25) is 0 Å². The first-order valence-corrected chi connectivity index (χ1v) is 13.3. The van der Waals surface area contributed by atoms with Crippen LogP contribution in [0.25, 0.3) is 0 Å². The third-order valence-corrected chi connectivity index (χ3v) is 8.94. The van der Waals surface area contributed by atoms with Gasteiger partial charge < -0.3 is 19.8 Å². The van der Waals surface area contributed by atoms with Crippen molar-refractivity contribution in [2.75, 3.05) is 44.3 Å². The summed E-state index contributed by atoms with van der Waals surface area (Å²) in [6.45, 7) is 6.96. The number of anilines is 1. The van der Waals surface area contributed by atoms with Crippen LogP contribution >= 0.6 is 0 Å². The molecule has 8 heteroatoms. The van der Waals surface area contributed by atoms with Gasteiger partial charge >= 0.3 is 6.03 Å². The molecule has 1 aromatic rings. The summed E-state index contributed by atoms with van der Waals surface area (Å²) in [7, 11) is 0. The smallest absolute Gasteiger partial charge is 0.320 e. The van der Waals surface area contributed by atoms with Crippen molar-refractivity contribution in [3.05, 3.63) is 29.3 Å². The van der Waals surface area contributed by atoms with Crippen molar-refractivity contribution >= 4 is 17.6 Å². The van der Waals surface area contributed by atoms with Gasteiger partial charge in [-0.15, -0.1) is 0 Å². The van der Waals surface area contributed by atoms with Crippen LogP contribution in [0.1, 0.15) is 56.1 Å². The minimum Gasteiger partial charge on any atom is -0.393 e. The molecule has 4 aliphatic heterocycles. The van der Waals surface area contributed by atoms with Gasteiger partial charge in [0.05, 0.1) is 29.5 Å². The molecule has 4 heterocycles. The fourth-order valence-electron chi connectivity index (χ4n) is 6.88. The molecule has 0 radical (unpaired) electrons. The van der Waals surface area contributed by atoms with Gasteiger partial charge in [-0.1, -0.05) is 12.8 Å². The molecule has 2 amide bonds. The van der Waals surface area contributed by atoms with Crippen LogP contribution in [0.3, 0.4) is 0 Å². The molecule has 35 heavy (non-hydrogen) atoms. The van der Waals surface area contributed by atoms with Crippen molar-refractivity contribution in [1.29, 1.82) is 5.26 Å². The monoisotopic (exact) mass is 476 g/mol. The van der Waals surface area contributed by atoms with Gasteiger partial charge in [-0.2, -0.15) is 10.4 Å². The molecule has 5 aliphatic rings. The van der Waals surface area contributed by atoms with Crippen molar-refractivity contribution < 1.29 is 9.90 Å². The maximum atomic E-state index is 12.8. The zero-order valence-corrected chi connectivity index (χ0v) is 20.7. The van der Waals surface area contributed by atoms with Crippen LogP contribution in [-0.4, -0.2) is 83.1 Å². The zero-order valence-electron chi connectivity index (χ0n) is 20.7. The maximum Gasteiger partial charge on any atom is 0.320 e. The predicted octanol–water partition coefficient (Wildman–Crippen LogP) is 3.14. The summed E-state index contributed by atoms with van der Waals surface area (Å²) in [6.07, 6.45) is 7.27. The summed E-state index contributed by atoms with van der Waals surface area (Å²) in [5.74, 6) is 1.85. The summed E-state index contributed by atoms with van der Waals surface area (Å²) in [5, 5.41) is 26.4. The normalized spacial score (nSPS) is 26.5. The highest BCUT2D eigenvalue weighted by molar-refractivity contribution is 5.88. The van der Waals surface area contributed by atoms with E-state index in [2.05, 4.69) is 22.0 Å². The number of carbonyl (C=O) groups excluding carboxylic acids is 1. The fraction of sp³-hybridized carbons (Fsp3) is 0.667. The number of hydrazone groups is 1. The summed E-state index contributed by atoms with van der Waals surface area (Å²) in [5.41, 5.74) is 3.04. The quantitative estimate of drug-likeness (QED) is 0.709. The third kappa shape index (κ3) is 4.04. The Labute approximate surface area is 207 Å². The van der Waals surface area contributed by atoms with Crippen molar-refractivity contribution in [1.82, 2.24) is 14.7 Å². The van der Waals surface area contributed by atoms with Gasteiger partial charge in [-0.3, -0.25) is 5.01 Å². The number of aliphatic hydroxyl groups is 1. The average Bonchev–Trinajstić information content (AvgIpc) is 3.48. The number of hydrogen-bond acceptors (Lipinski definition) is 6. The van der Waals surface area contributed by atoms with Crippen molar-refractivity contribution in [2.24, 2.45) is 16.4 Å². The van der Waals surface area contributed by atoms with Crippen LogP contribution < -0.4 is 5.01 Å². The van der Waals surface area contributed by atoms with E-state index in [9.17, 15) is 15.2 Å². The van der Waals surface area contributed by atoms with Crippen molar-refractivity contribution in [3.8, 4) is 6.07 Å². The topological polar surface area (TPSA) is 86.4 Å². The number of rotatable bonds is 2. The number of hydrogen-bond donors (Lipinski definition) is 1. The van der Waals surface area contributed by atoms with Gasteiger partial charge in [-0.25, -0.2) is 4.79 Å². The molecule has 0 unspecified atom stereocenters. The molecule has 0 aromatic heterocycles. The Bertz CT molecular complexity index is 1050. The van der Waals surface area contributed by atoms with Crippen LogP contribution in [0, 0.1) is 29.6 Å². The van der Waals surface area contributed by atoms with E-state index < -0.39 is 0 Å². The summed E-state index contributed by atoms with van der Waals surface area (Å²) >= 11 is 0. The number of nitrogens with zero attached hydrogens (tertiary/aromatic N) is 6. The SMILES string of the molecule is Cc1cc(N2N=C(N3CC4(CN(C(=O)N5CCC(O)CC5)C4)C3)C[C@@H]2C2CCCC2)ccc1C#N. The second kappa shape index (κ2) is 8.70. The van der Waals surface area contributed by atoms with E-state index in [1.807, 2.05) is 28.9 Å². The maximum absolute atomic E-state index is 12.8. The van der Waals surface area contributed by atoms with Crippen LogP contribution in [0.15, 0.2) is 23.3 Å². The molecule has 1 atom stereocenters. The van der Waals surface area contributed by atoms with E-state index in [0.29, 0.717) is 37.9 Å². The second-order valence-corrected chi connectivity index (χ2v) is 11.5. The number of aryl methyl sites for hydroxylation is 1. The van der Waals surface area contributed by atoms with E-state index in [1.54, 1.807) is 0 Å². The molecular formula is C27H36N6O2. The Morgan fingerprint density at radius 3 is 2.46 bits per heavy atom. The highest BCUT2D eigenvalue weighted by Gasteiger charge is 2.55. The highest BCUT2D eigenvalue weighted by atomic mass is 16.3. The molecule has 1 aromatic carbocycles. The Morgan fingerprint density at radius 1 is 1.09 bits per heavy atom. The molecule has 8 nitrogen and oxygen atoms in total. The number of piperidine rings is 1. The van der Waals surface area contributed by atoms with Gasteiger partial charge in [0.1, 0.15) is 5.84 Å². The lowest BCUT2D eigenvalue weighted by molar-refractivity contribution is -0.0715. The number of likely N-dealkylation sites (tertiary alicyclic amines) is 3. The van der Waals surface area contributed by atoms with Gasteiger partial charge in [0.25, 0.3) is 0 Å². The molecule has 1 saturated carbocycles. The Balaban J connectivity index is 1.10.